The quantitative estimate of drug-likeness (QED) is 0.730. The summed E-state index contributed by atoms with van der Waals surface area (Å²) >= 11 is 1.92. The molecule has 1 unspecified atom stereocenters. The smallest absolute Gasteiger partial charge is 0.0305 e. The summed E-state index contributed by atoms with van der Waals surface area (Å²) < 4.78 is 0. The molecule has 1 aliphatic rings. The van der Waals surface area contributed by atoms with Gasteiger partial charge in [-0.15, -0.1) is 11.3 Å². The van der Waals surface area contributed by atoms with Crippen LogP contribution >= 0.6 is 11.3 Å². The van der Waals surface area contributed by atoms with Crippen molar-refractivity contribution in [3.05, 3.63) is 21.4 Å². The largest absolute Gasteiger partial charge is 0.307 e. The molecule has 1 N–H and O–H groups in total. The van der Waals surface area contributed by atoms with Gasteiger partial charge in [0.1, 0.15) is 0 Å². The van der Waals surface area contributed by atoms with Gasteiger partial charge in [-0.25, -0.2) is 0 Å². The Morgan fingerprint density at radius 3 is 2.26 bits per heavy atom. The molecule has 2 heteroatoms. The van der Waals surface area contributed by atoms with Crippen LogP contribution in [0.25, 0.3) is 0 Å². The van der Waals surface area contributed by atoms with Crippen LogP contribution in [0.1, 0.15) is 73.7 Å². The second kappa shape index (κ2) is 6.90. The lowest BCUT2D eigenvalue weighted by molar-refractivity contribution is 0.316. The van der Waals surface area contributed by atoms with Crippen LogP contribution in [0.5, 0.6) is 0 Å². The van der Waals surface area contributed by atoms with Gasteiger partial charge in [0, 0.05) is 21.8 Å². The number of hydrogen-bond acceptors (Lipinski definition) is 2. The molecule has 1 aromatic heterocycles. The van der Waals surface area contributed by atoms with Crippen molar-refractivity contribution in [3.8, 4) is 0 Å². The van der Waals surface area contributed by atoms with Gasteiger partial charge in [0.2, 0.25) is 0 Å². The minimum Gasteiger partial charge on any atom is -0.307 e. The van der Waals surface area contributed by atoms with Gasteiger partial charge in [-0.1, -0.05) is 25.7 Å². The fraction of sp³-hybridized carbons (Fsp3) is 0.765. The summed E-state index contributed by atoms with van der Waals surface area (Å²) in [5.74, 6) is 0.880. The first-order chi connectivity index (χ1) is 9.08. The van der Waals surface area contributed by atoms with Gasteiger partial charge in [-0.3, -0.25) is 0 Å². The standard InChI is InChI=1S/C17H29NS/c1-12-11-17(15(4)19-12)14(3)18-13(2)16-9-7-5-6-8-10-16/h11,13-14,16,18H,5-10H2,1-4H3/t13-,14?/m1/s1. The van der Waals surface area contributed by atoms with Crippen molar-refractivity contribution >= 4 is 11.3 Å². The molecule has 2 atom stereocenters. The molecule has 1 saturated carbocycles. The molecule has 0 bridgehead atoms. The van der Waals surface area contributed by atoms with E-state index in [0.717, 1.165) is 5.92 Å². The van der Waals surface area contributed by atoms with Gasteiger partial charge in [0.15, 0.2) is 0 Å². The van der Waals surface area contributed by atoms with Crippen LogP contribution in [0.15, 0.2) is 6.07 Å². The molecule has 0 radical (unpaired) electrons. The van der Waals surface area contributed by atoms with Gasteiger partial charge >= 0.3 is 0 Å². The number of aryl methyl sites for hydroxylation is 2. The van der Waals surface area contributed by atoms with Crippen molar-refractivity contribution in [1.29, 1.82) is 0 Å². The molecular formula is C17H29NS. The van der Waals surface area contributed by atoms with Crippen LogP contribution in [0.2, 0.25) is 0 Å². The van der Waals surface area contributed by atoms with E-state index in [0.29, 0.717) is 12.1 Å². The van der Waals surface area contributed by atoms with E-state index >= 15 is 0 Å². The van der Waals surface area contributed by atoms with E-state index < -0.39 is 0 Å². The Morgan fingerprint density at radius 1 is 1.11 bits per heavy atom. The molecule has 1 fully saturated rings. The van der Waals surface area contributed by atoms with Crippen molar-refractivity contribution in [1.82, 2.24) is 5.32 Å². The molecule has 0 spiro atoms. The van der Waals surface area contributed by atoms with Crippen molar-refractivity contribution in [2.24, 2.45) is 5.92 Å². The number of thiophene rings is 1. The highest BCUT2D eigenvalue weighted by Gasteiger charge is 2.21. The molecule has 0 saturated heterocycles. The normalized spacial score (nSPS) is 21.1. The van der Waals surface area contributed by atoms with Crippen molar-refractivity contribution in [2.75, 3.05) is 0 Å². The lowest BCUT2D eigenvalue weighted by atomic mass is 9.92. The lowest BCUT2D eigenvalue weighted by Crippen LogP contribution is -2.35. The molecule has 0 aliphatic heterocycles. The highest BCUT2D eigenvalue weighted by atomic mass is 32.1. The Kier molecular flexibility index (Phi) is 5.47. The first-order valence-corrected chi connectivity index (χ1v) is 8.72. The third-order valence-electron chi connectivity index (χ3n) is 4.67. The summed E-state index contributed by atoms with van der Waals surface area (Å²) in [5, 5.41) is 3.85. The molecule has 0 aromatic carbocycles. The van der Waals surface area contributed by atoms with E-state index in [1.54, 1.807) is 0 Å². The van der Waals surface area contributed by atoms with Gasteiger partial charge in [0.05, 0.1) is 0 Å². The highest BCUT2D eigenvalue weighted by molar-refractivity contribution is 7.12. The number of nitrogens with one attached hydrogen (secondary N) is 1. The minimum absolute atomic E-state index is 0.489. The lowest BCUT2D eigenvalue weighted by Gasteiger charge is -2.27. The Balaban J connectivity index is 1.93. The summed E-state index contributed by atoms with van der Waals surface area (Å²) in [6, 6.07) is 3.49. The number of rotatable bonds is 4. The summed E-state index contributed by atoms with van der Waals surface area (Å²) in [6.07, 6.45) is 8.59. The second-order valence-electron chi connectivity index (χ2n) is 6.30. The fourth-order valence-corrected chi connectivity index (χ4v) is 4.53. The monoisotopic (exact) mass is 279 g/mol. The zero-order valence-electron chi connectivity index (χ0n) is 13.0. The van der Waals surface area contributed by atoms with E-state index in [1.807, 2.05) is 11.3 Å². The van der Waals surface area contributed by atoms with Gasteiger partial charge in [0.25, 0.3) is 0 Å². The van der Waals surface area contributed by atoms with Crippen LogP contribution in [-0.2, 0) is 0 Å². The molecular weight excluding hydrogens is 250 g/mol. The topological polar surface area (TPSA) is 12.0 Å². The zero-order valence-corrected chi connectivity index (χ0v) is 13.8. The average Bonchev–Trinajstić information content (AvgIpc) is 2.58. The minimum atomic E-state index is 0.489. The SMILES string of the molecule is Cc1cc(C(C)N[C@H](C)C2CCCCCC2)c(C)s1. The first-order valence-electron chi connectivity index (χ1n) is 7.91. The molecule has 1 aromatic rings. The van der Waals surface area contributed by atoms with Crippen LogP contribution in [0.4, 0.5) is 0 Å². The molecule has 0 amide bonds. The van der Waals surface area contributed by atoms with Gasteiger partial charge < -0.3 is 5.32 Å². The van der Waals surface area contributed by atoms with Gasteiger partial charge in [-0.2, -0.15) is 0 Å². The van der Waals surface area contributed by atoms with Crippen LogP contribution < -0.4 is 5.32 Å². The van der Waals surface area contributed by atoms with Crippen molar-refractivity contribution < 1.29 is 0 Å². The van der Waals surface area contributed by atoms with E-state index in [4.69, 9.17) is 0 Å². The maximum atomic E-state index is 3.85. The average molecular weight is 279 g/mol. The molecule has 1 heterocycles. The van der Waals surface area contributed by atoms with Crippen molar-refractivity contribution in [3.63, 3.8) is 0 Å². The van der Waals surface area contributed by atoms with E-state index in [9.17, 15) is 0 Å². The third-order valence-corrected chi connectivity index (χ3v) is 5.65. The molecule has 108 valence electrons. The molecule has 1 aliphatic carbocycles. The predicted molar refractivity (Wildman–Crippen MR) is 86.0 cm³/mol. The Hall–Kier alpha value is -0.340. The Labute approximate surface area is 122 Å². The summed E-state index contributed by atoms with van der Waals surface area (Å²) in [6.45, 7) is 9.17. The van der Waals surface area contributed by atoms with E-state index in [2.05, 4.69) is 39.1 Å². The number of hydrogen-bond donors (Lipinski definition) is 1. The van der Waals surface area contributed by atoms with E-state index in [-0.39, 0.29) is 0 Å². The van der Waals surface area contributed by atoms with Crippen LogP contribution in [0, 0.1) is 19.8 Å². The van der Waals surface area contributed by atoms with Crippen LogP contribution in [0.3, 0.4) is 0 Å². The highest BCUT2D eigenvalue weighted by Crippen LogP contribution is 2.29. The zero-order chi connectivity index (χ0) is 13.8. The summed E-state index contributed by atoms with van der Waals surface area (Å²) in [5.41, 5.74) is 1.50. The molecule has 2 rings (SSSR count). The van der Waals surface area contributed by atoms with E-state index in [1.165, 1.54) is 53.8 Å². The molecule has 19 heavy (non-hydrogen) atoms. The predicted octanol–water partition coefficient (Wildman–Crippen LogP) is 5.37. The second-order valence-corrected chi connectivity index (χ2v) is 7.76. The fourth-order valence-electron chi connectivity index (χ4n) is 3.51. The summed E-state index contributed by atoms with van der Waals surface area (Å²) in [7, 11) is 0. The van der Waals surface area contributed by atoms with Crippen LogP contribution in [-0.4, -0.2) is 6.04 Å². The Bertz CT molecular complexity index is 388. The first kappa shape index (κ1) is 15.1. The maximum Gasteiger partial charge on any atom is 0.0305 e. The van der Waals surface area contributed by atoms with Crippen molar-refractivity contribution in [2.45, 2.75) is 78.3 Å². The summed E-state index contributed by atoms with van der Waals surface area (Å²) in [4.78, 5) is 2.91. The third kappa shape index (κ3) is 4.06. The maximum absolute atomic E-state index is 3.85. The molecule has 1 nitrogen and oxygen atoms in total. The Morgan fingerprint density at radius 2 is 1.74 bits per heavy atom. The van der Waals surface area contributed by atoms with Gasteiger partial charge in [-0.05, 0) is 58.1 Å².